The first-order valence-electron chi connectivity index (χ1n) is 10.0. The van der Waals surface area contributed by atoms with Crippen molar-refractivity contribution in [1.82, 2.24) is 18.6 Å². The molecule has 8 nitrogen and oxygen atoms in total. The van der Waals surface area contributed by atoms with E-state index in [0.717, 1.165) is 35.7 Å². The Morgan fingerprint density at radius 3 is 2.72 bits per heavy atom. The average Bonchev–Trinajstić information content (AvgIpc) is 2.76. The molecule has 1 atom stereocenters. The maximum absolute atomic E-state index is 13.0. The summed E-state index contributed by atoms with van der Waals surface area (Å²) >= 11 is 0. The van der Waals surface area contributed by atoms with E-state index < -0.39 is 10.2 Å². The molecule has 2 aliphatic heterocycles. The second kappa shape index (κ2) is 8.74. The van der Waals surface area contributed by atoms with Crippen LogP contribution in [-0.2, 0) is 14.9 Å². The Hall–Kier alpha value is -2.07. The summed E-state index contributed by atoms with van der Waals surface area (Å²) in [6, 6.07) is 9.73. The van der Waals surface area contributed by atoms with Crippen LogP contribution in [0.1, 0.15) is 30.0 Å². The van der Waals surface area contributed by atoms with E-state index in [4.69, 9.17) is 9.72 Å². The van der Waals surface area contributed by atoms with Crippen molar-refractivity contribution in [2.24, 2.45) is 0 Å². The van der Waals surface area contributed by atoms with Gasteiger partial charge in [0.05, 0.1) is 13.2 Å². The Labute approximate surface area is 172 Å². The second-order valence-electron chi connectivity index (χ2n) is 7.46. The van der Waals surface area contributed by atoms with Gasteiger partial charge in [-0.1, -0.05) is 12.1 Å². The number of nitrogens with one attached hydrogen (secondary N) is 1. The number of ether oxygens (including phenoxy) is 1. The van der Waals surface area contributed by atoms with Gasteiger partial charge < -0.3 is 10.1 Å². The Morgan fingerprint density at radius 1 is 1.10 bits per heavy atom. The predicted molar refractivity (Wildman–Crippen MR) is 111 cm³/mol. The van der Waals surface area contributed by atoms with E-state index in [1.807, 2.05) is 37.3 Å². The minimum Gasteiger partial charge on any atom is -0.379 e. The Morgan fingerprint density at radius 2 is 1.93 bits per heavy atom. The minimum absolute atomic E-state index is 0.0751. The maximum atomic E-state index is 13.0. The van der Waals surface area contributed by atoms with Gasteiger partial charge in [0.15, 0.2) is 0 Å². The van der Waals surface area contributed by atoms with Crippen LogP contribution in [0.15, 0.2) is 36.5 Å². The molecule has 0 spiro atoms. The lowest BCUT2D eigenvalue weighted by atomic mass is 9.95. The number of hydrogen-bond acceptors (Lipinski definition) is 6. The van der Waals surface area contributed by atoms with Crippen molar-refractivity contribution in [3.8, 4) is 0 Å². The molecule has 2 aromatic heterocycles. The molecule has 0 amide bonds. The Balaban J connectivity index is 1.49. The minimum atomic E-state index is -3.46. The van der Waals surface area contributed by atoms with Crippen LogP contribution in [-0.4, -0.2) is 66.4 Å². The zero-order valence-corrected chi connectivity index (χ0v) is 17.4. The highest BCUT2D eigenvalue weighted by Crippen LogP contribution is 2.29. The first-order valence-corrected chi connectivity index (χ1v) is 11.4. The third kappa shape index (κ3) is 4.58. The summed E-state index contributed by atoms with van der Waals surface area (Å²) < 4.78 is 34.5. The van der Waals surface area contributed by atoms with Crippen molar-refractivity contribution in [3.63, 3.8) is 0 Å². The fourth-order valence-corrected chi connectivity index (χ4v) is 5.49. The summed E-state index contributed by atoms with van der Waals surface area (Å²) in [6.45, 7) is 4.77. The molecule has 4 heterocycles. The number of hydrogen-bond donors (Lipinski definition) is 1. The zero-order valence-electron chi connectivity index (χ0n) is 16.6. The van der Waals surface area contributed by atoms with Crippen molar-refractivity contribution in [2.45, 2.75) is 25.7 Å². The Kier molecular flexibility index (Phi) is 6.09. The molecule has 4 rings (SSSR count). The summed E-state index contributed by atoms with van der Waals surface area (Å²) in [7, 11) is -3.46. The van der Waals surface area contributed by atoms with Crippen molar-refractivity contribution in [2.75, 3.05) is 44.7 Å². The van der Waals surface area contributed by atoms with Gasteiger partial charge in [-0.3, -0.25) is 0 Å². The fourth-order valence-electron chi connectivity index (χ4n) is 3.82. The van der Waals surface area contributed by atoms with Crippen molar-refractivity contribution in [3.05, 3.63) is 47.8 Å². The summed E-state index contributed by atoms with van der Waals surface area (Å²) in [5, 5.41) is 3.27. The van der Waals surface area contributed by atoms with Crippen LogP contribution in [0.25, 0.3) is 0 Å². The molecule has 2 saturated heterocycles. The lowest BCUT2D eigenvalue weighted by molar-refractivity contribution is 0.0695. The van der Waals surface area contributed by atoms with E-state index in [2.05, 4.69) is 10.3 Å². The molecule has 0 aliphatic carbocycles. The van der Waals surface area contributed by atoms with Crippen molar-refractivity contribution in [1.29, 1.82) is 0 Å². The highest BCUT2D eigenvalue weighted by molar-refractivity contribution is 7.86. The maximum Gasteiger partial charge on any atom is 0.282 e. The van der Waals surface area contributed by atoms with Gasteiger partial charge in [0.2, 0.25) is 0 Å². The molecular formula is C20H27N5O3S. The third-order valence-corrected chi connectivity index (χ3v) is 7.45. The van der Waals surface area contributed by atoms with Gasteiger partial charge in [-0.15, -0.1) is 0 Å². The van der Waals surface area contributed by atoms with Crippen LogP contribution in [0.4, 0.5) is 11.6 Å². The summed E-state index contributed by atoms with van der Waals surface area (Å²) in [5.41, 5.74) is 1.95. The van der Waals surface area contributed by atoms with Gasteiger partial charge >= 0.3 is 0 Å². The largest absolute Gasteiger partial charge is 0.379 e. The number of piperidine rings is 1. The van der Waals surface area contributed by atoms with E-state index in [9.17, 15) is 8.42 Å². The number of aromatic nitrogens is 2. The quantitative estimate of drug-likeness (QED) is 0.803. The Bertz CT molecular complexity index is 947. The van der Waals surface area contributed by atoms with Crippen LogP contribution >= 0.6 is 0 Å². The molecule has 0 aromatic carbocycles. The normalized spacial score (nSPS) is 21.8. The zero-order chi connectivity index (χ0) is 20.3. The molecule has 2 fully saturated rings. The molecule has 2 aromatic rings. The predicted octanol–water partition coefficient (Wildman–Crippen LogP) is 2.29. The van der Waals surface area contributed by atoms with E-state index in [-0.39, 0.29) is 5.92 Å². The number of nitrogens with zero attached hydrogens (tertiary/aromatic N) is 4. The van der Waals surface area contributed by atoms with Crippen LogP contribution in [0.2, 0.25) is 0 Å². The standard InChI is InChI=1S/C20H27N5O3S/c1-16-5-3-9-21-20(16)23-19-8-2-7-18(22-19)17-6-4-10-25(15-17)29(26,27)24-11-13-28-14-12-24/h2-3,5,7-9,17H,4,6,10-15H2,1H3,(H,21,22,23)/t17-/m1/s1. The van der Waals surface area contributed by atoms with E-state index >= 15 is 0 Å². The fraction of sp³-hybridized carbons (Fsp3) is 0.500. The lowest BCUT2D eigenvalue weighted by Crippen LogP contribution is -2.51. The van der Waals surface area contributed by atoms with E-state index in [1.165, 1.54) is 4.31 Å². The highest BCUT2D eigenvalue weighted by Gasteiger charge is 2.35. The molecular weight excluding hydrogens is 390 g/mol. The molecule has 156 valence electrons. The van der Waals surface area contributed by atoms with E-state index in [0.29, 0.717) is 39.4 Å². The first-order chi connectivity index (χ1) is 14.0. The lowest BCUT2D eigenvalue weighted by Gasteiger charge is -2.36. The average molecular weight is 418 g/mol. The summed E-state index contributed by atoms with van der Waals surface area (Å²) in [4.78, 5) is 9.11. The van der Waals surface area contributed by atoms with Gasteiger partial charge in [0, 0.05) is 44.0 Å². The molecule has 9 heteroatoms. The van der Waals surface area contributed by atoms with Crippen LogP contribution in [0.5, 0.6) is 0 Å². The van der Waals surface area contributed by atoms with Gasteiger partial charge in [-0.05, 0) is 43.5 Å². The SMILES string of the molecule is Cc1cccnc1Nc1cccc([C@@H]2CCCN(S(=O)(=O)N3CCOCC3)C2)n1. The smallest absolute Gasteiger partial charge is 0.282 e. The monoisotopic (exact) mass is 417 g/mol. The number of rotatable bonds is 5. The van der Waals surface area contributed by atoms with Crippen LogP contribution in [0.3, 0.4) is 0 Å². The molecule has 2 aliphatic rings. The molecule has 0 radical (unpaired) electrons. The van der Waals surface area contributed by atoms with Gasteiger partial charge in [-0.2, -0.15) is 17.0 Å². The van der Waals surface area contributed by atoms with Crippen molar-refractivity contribution < 1.29 is 13.2 Å². The highest BCUT2D eigenvalue weighted by atomic mass is 32.2. The number of anilines is 2. The third-order valence-electron chi connectivity index (χ3n) is 5.45. The second-order valence-corrected chi connectivity index (χ2v) is 9.39. The van der Waals surface area contributed by atoms with Gasteiger partial charge in [0.1, 0.15) is 11.6 Å². The molecule has 29 heavy (non-hydrogen) atoms. The first kappa shape index (κ1) is 20.2. The van der Waals surface area contributed by atoms with Gasteiger partial charge in [0.25, 0.3) is 10.2 Å². The van der Waals surface area contributed by atoms with Gasteiger partial charge in [-0.25, -0.2) is 9.97 Å². The topological polar surface area (TPSA) is 87.7 Å². The summed E-state index contributed by atoms with van der Waals surface area (Å²) in [5.74, 6) is 1.57. The number of morpholine rings is 1. The molecule has 0 saturated carbocycles. The van der Waals surface area contributed by atoms with Crippen LogP contribution < -0.4 is 5.32 Å². The summed E-state index contributed by atoms with van der Waals surface area (Å²) in [6.07, 6.45) is 3.50. The number of aryl methyl sites for hydroxylation is 1. The van der Waals surface area contributed by atoms with Crippen LogP contribution in [0, 0.1) is 6.92 Å². The molecule has 1 N–H and O–H groups in total. The molecule has 0 bridgehead atoms. The number of pyridine rings is 2. The molecule has 0 unspecified atom stereocenters. The van der Waals surface area contributed by atoms with E-state index in [1.54, 1.807) is 10.5 Å². The van der Waals surface area contributed by atoms with Crippen molar-refractivity contribution >= 4 is 21.8 Å².